The first-order valence-corrected chi connectivity index (χ1v) is 11.2. The molecule has 0 bridgehead atoms. The number of amides is 2. The fourth-order valence-electron chi connectivity index (χ4n) is 3.06. The summed E-state index contributed by atoms with van der Waals surface area (Å²) in [5.74, 6) is -0.0147. The van der Waals surface area contributed by atoms with Crippen LogP contribution in [0.2, 0.25) is 5.02 Å². The van der Waals surface area contributed by atoms with Crippen molar-refractivity contribution in [2.75, 3.05) is 18.9 Å². The Hall–Kier alpha value is -1.83. The van der Waals surface area contributed by atoms with Gasteiger partial charge in [0.05, 0.1) is 18.4 Å². The summed E-state index contributed by atoms with van der Waals surface area (Å²) in [6.07, 6.45) is 4.54. The zero-order valence-corrected chi connectivity index (χ0v) is 18.3. The standard InChI is InChI=1S/C21H26ClN3O3S/c1-3-14(2)23-19(26)13-29-21-24-18(11-15-6-8-16(22)9-7-15)20(27)25(21)12-17-5-4-10-28-17/h6-9,11,14,17H,3-5,10,12-13H2,1-2H3,(H,23,26)/b18-11-. The number of carbonyl (C=O) groups is 2. The molecule has 2 aliphatic heterocycles. The molecule has 0 aliphatic carbocycles. The molecule has 1 N–H and O–H groups in total. The summed E-state index contributed by atoms with van der Waals surface area (Å²) in [4.78, 5) is 31.3. The third kappa shape index (κ3) is 6.07. The van der Waals surface area contributed by atoms with Crippen LogP contribution >= 0.6 is 23.4 Å². The van der Waals surface area contributed by atoms with Crippen LogP contribution in [0.4, 0.5) is 0 Å². The van der Waals surface area contributed by atoms with Crippen molar-refractivity contribution in [3.8, 4) is 0 Å². The van der Waals surface area contributed by atoms with Crippen LogP contribution in [0.3, 0.4) is 0 Å². The van der Waals surface area contributed by atoms with Gasteiger partial charge in [0.15, 0.2) is 5.17 Å². The highest BCUT2D eigenvalue weighted by Gasteiger charge is 2.33. The van der Waals surface area contributed by atoms with E-state index in [1.54, 1.807) is 23.1 Å². The Bertz CT molecular complexity index is 804. The van der Waals surface area contributed by atoms with E-state index in [0.29, 0.717) is 22.4 Å². The molecule has 3 rings (SSSR count). The van der Waals surface area contributed by atoms with E-state index in [-0.39, 0.29) is 29.7 Å². The Morgan fingerprint density at radius 1 is 1.45 bits per heavy atom. The van der Waals surface area contributed by atoms with Gasteiger partial charge in [0, 0.05) is 17.7 Å². The summed E-state index contributed by atoms with van der Waals surface area (Å²) in [6.45, 7) is 5.16. The Morgan fingerprint density at radius 2 is 2.21 bits per heavy atom. The quantitative estimate of drug-likeness (QED) is 0.663. The lowest BCUT2D eigenvalue weighted by Gasteiger charge is -2.21. The first-order valence-electron chi connectivity index (χ1n) is 9.88. The van der Waals surface area contributed by atoms with E-state index in [2.05, 4.69) is 10.3 Å². The summed E-state index contributed by atoms with van der Waals surface area (Å²) >= 11 is 7.22. The van der Waals surface area contributed by atoms with E-state index >= 15 is 0 Å². The maximum atomic E-state index is 13.0. The van der Waals surface area contributed by atoms with E-state index in [9.17, 15) is 9.59 Å². The van der Waals surface area contributed by atoms with E-state index in [4.69, 9.17) is 16.3 Å². The number of hydrogen-bond acceptors (Lipinski definition) is 5. The average molecular weight is 436 g/mol. The van der Waals surface area contributed by atoms with Crippen LogP contribution < -0.4 is 5.32 Å². The van der Waals surface area contributed by atoms with Crippen molar-refractivity contribution in [2.24, 2.45) is 4.99 Å². The van der Waals surface area contributed by atoms with Gasteiger partial charge in [-0.1, -0.05) is 42.4 Å². The Labute approximate surface area is 180 Å². The first kappa shape index (κ1) is 21.9. The minimum Gasteiger partial charge on any atom is -0.376 e. The lowest BCUT2D eigenvalue weighted by atomic mass is 10.2. The topological polar surface area (TPSA) is 71.0 Å². The van der Waals surface area contributed by atoms with Crippen LogP contribution in [0.15, 0.2) is 35.0 Å². The summed E-state index contributed by atoms with van der Waals surface area (Å²) in [6, 6.07) is 7.35. The van der Waals surface area contributed by atoms with Crippen LogP contribution in [0.1, 0.15) is 38.7 Å². The van der Waals surface area contributed by atoms with Crippen molar-refractivity contribution in [3.05, 3.63) is 40.5 Å². The molecule has 8 heteroatoms. The van der Waals surface area contributed by atoms with Crippen LogP contribution in [0.5, 0.6) is 0 Å². The number of rotatable bonds is 7. The second-order valence-electron chi connectivity index (χ2n) is 7.19. The van der Waals surface area contributed by atoms with Crippen LogP contribution in [0, 0.1) is 0 Å². The number of amidine groups is 1. The molecular formula is C21H26ClN3O3S. The number of halogens is 1. The largest absolute Gasteiger partial charge is 0.376 e. The predicted octanol–water partition coefficient (Wildman–Crippen LogP) is 3.71. The fraction of sp³-hybridized carbons (Fsp3) is 0.476. The van der Waals surface area contributed by atoms with Crippen molar-refractivity contribution in [1.82, 2.24) is 10.2 Å². The third-order valence-corrected chi connectivity index (χ3v) is 6.08. The van der Waals surface area contributed by atoms with Crippen LogP contribution in [-0.4, -0.2) is 52.9 Å². The second kappa shape index (κ2) is 10.3. The second-order valence-corrected chi connectivity index (χ2v) is 8.57. The summed E-state index contributed by atoms with van der Waals surface area (Å²) in [7, 11) is 0. The highest BCUT2D eigenvalue weighted by Crippen LogP contribution is 2.26. The minimum atomic E-state index is -0.166. The molecule has 2 heterocycles. The summed E-state index contributed by atoms with van der Waals surface area (Å²) < 4.78 is 5.70. The molecule has 1 aromatic carbocycles. The normalized spacial score (nSPS) is 21.6. The number of thioether (sulfide) groups is 1. The predicted molar refractivity (Wildman–Crippen MR) is 118 cm³/mol. The molecule has 0 saturated carbocycles. The van der Waals surface area contributed by atoms with E-state index in [1.165, 1.54) is 11.8 Å². The maximum Gasteiger partial charge on any atom is 0.278 e. The molecule has 1 saturated heterocycles. The summed E-state index contributed by atoms with van der Waals surface area (Å²) in [5, 5.41) is 4.12. The van der Waals surface area contributed by atoms with Gasteiger partial charge in [0.1, 0.15) is 5.70 Å². The molecular weight excluding hydrogens is 410 g/mol. The molecule has 0 radical (unpaired) electrons. The van der Waals surface area contributed by atoms with Crippen molar-refractivity contribution >= 4 is 46.4 Å². The molecule has 156 valence electrons. The maximum absolute atomic E-state index is 13.0. The van der Waals surface area contributed by atoms with Gasteiger partial charge in [-0.3, -0.25) is 14.5 Å². The lowest BCUT2D eigenvalue weighted by Crippen LogP contribution is -2.38. The molecule has 6 nitrogen and oxygen atoms in total. The Morgan fingerprint density at radius 3 is 2.86 bits per heavy atom. The zero-order chi connectivity index (χ0) is 20.8. The van der Waals surface area contributed by atoms with Gasteiger partial charge in [-0.2, -0.15) is 0 Å². The smallest absolute Gasteiger partial charge is 0.278 e. The first-order chi connectivity index (χ1) is 14.0. The number of benzene rings is 1. The van der Waals surface area contributed by atoms with Gasteiger partial charge < -0.3 is 10.1 Å². The lowest BCUT2D eigenvalue weighted by molar-refractivity contribution is -0.123. The molecule has 2 aliphatic rings. The van der Waals surface area contributed by atoms with Crippen LogP contribution in [0.25, 0.3) is 6.08 Å². The van der Waals surface area contributed by atoms with E-state index in [1.807, 2.05) is 26.0 Å². The number of aliphatic imine (C=N–C) groups is 1. The highest BCUT2D eigenvalue weighted by molar-refractivity contribution is 8.14. The Balaban J connectivity index is 1.74. The zero-order valence-electron chi connectivity index (χ0n) is 16.7. The molecule has 29 heavy (non-hydrogen) atoms. The number of hydrogen-bond donors (Lipinski definition) is 1. The molecule has 0 aromatic heterocycles. The average Bonchev–Trinajstić information content (AvgIpc) is 3.32. The SMILES string of the molecule is CCC(C)NC(=O)CSC1=N/C(=C\c2ccc(Cl)cc2)C(=O)N1CC1CCCO1. The van der Waals surface area contributed by atoms with Crippen LogP contribution in [-0.2, 0) is 14.3 Å². The van der Waals surface area contributed by atoms with Crippen molar-refractivity contribution in [2.45, 2.75) is 45.3 Å². The molecule has 1 aromatic rings. The van der Waals surface area contributed by atoms with Crippen molar-refractivity contribution in [3.63, 3.8) is 0 Å². The van der Waals surface area contributed by atoms with Gasteiger partial charge in [0.25, 0.3) is 5.91 Å². The third-order valence-electron chi connectivity index (χ3n) is 4.85. The number of nitrogens with one attached hydrogen (secondary N) is 1. The van der Waals surface area contributed by atoms with Gasteiger partial charge in [-0.05, 0) is 50.0 Å². The van der Waals surface area contributed by atoms with Crippen molar-refractivity contribution in [1.29, 1.82) is 0 Å². The summed E-state index contributed by atoms with van der Waals surface area (Å²) in [5.41, 5.74) is 1.20. The minimum absolute atomic E-state index is 0.00794. The van der Waals surface area contributed by atoms with Gasteiger partial charge in [0.2, 0.25) is 5.91 Å². The highest BCUT2D eigenvalue weighted by atomic mass is 35.5. The molecule has 0 spiro atoms. The van der Waals surface area contributed by atoms with E-state index < -0.39 is 0 Å². The Kier molecular flexibility index (Phi) is 7.75. The number of nitrogens with zero attached hydrogens (tertiary/aromatic N) is 2. The molecule has 2 amide bonds. The molecule has 2 atom stereocenters. The van der Waals surface area contributed by atoms with Gasteiger partial charge in [-0.25, -0.2) is 4.99 Å². The number of carbonyl (C=O) groups excluding carboxylic acids is 2. The monoisotopic (exact) mass is 435 g/mol. The molecule has 2 unspecified atom stereocenters. The van der Waals surface area contributed by atoms with Crippen molar-refractivity contribution < 1.29 is 14.3 Å². The van der Waals surface area contributed by atoms with Gasteiger partial charge in [-0.15, -0.1) is 0 Å². The number of ether oxygens (including phenoxy) is 1. The fourth-order valence-corrected chi connectivity index (χ4v) is 4.00. The molecule has 1 fully saturated rings. The van der Waals surface area contributed by atoms with Gasteiger partial charge >= 0.3 is 0 Å². The van der Waals surface area contributed by atoms with E-state index in [0.717, 1.165) is 31.4 Å².